The molecule has 2 aromatic rings. The fraction of sp³-hybridized carbons (Fsp3) is 0.278. The Morgan fingerprint density at radius 2 is 1.84 bits per heavy atom. The summed E-state index contributed by atoms with van der Waals surface area (Å²) in [6.45, 7) is 0.682. The van der Waals surface area contributed by atoms with Gasteiger partial charge in [0.05, 0.1) is 25.8 Å². The molecule has 0 bridgehead atoms. The number of morpholine rings is 1. The van der Waals surface area contributed by atoms with Crippen molar-refractivity contribution in [2.45, 2.75) is 6.10 Å². The number of amides is 1. The van der Waals surface area contributed by atoms with Crippen LogP contribution < -0.4 is 4.74 Å². The minimum absolute atomic E-state index is 0.184. The summed E-state index contributed by atoms with van der Waals surface area (Å²) in [7, 11) is 1.56. The van der Waals surface area contributed by atoms with Crippen LogP contribution in [0, 0.1) is 17.5 Å². The molecular weight excluding hydrogens is 335 g/mol. The van der Waals surface area contributed by atoms with Crippen LogP contribution in [-0.4, -0.2) is 37.6 Å². The zero-order chi connectivity index (χ0) is 18.0. The molecule has 0 radical (unpaired) electrons. The molecule has 2 aromatic carbocycles. The molecule has 1 fully saturated rings. The van der Waals surface area contributed by atoms with Crippen LogP contribution in [0.4, 0.5) is 13.2 Å². The number of carbonyl (C=O) groups excluding carboxylic acids is 1. The van der Waals surface area contributed by atoms with Gasteiger partial charge in [0.15, 0.2) is 17.5 Å². The highest BCUT2D eigenvalue weighted by Crippen LogP contribution is 2.26. The van der Waals surface area contributed by atoms with Gasteiger partial charge >= 0.3 is 0 Å². The van der Waals surface area contributed by atoms with Crippen LogP contribution in [0.25, 0.3) is 0 Å². The van der Waals surface area contributed by atoms with E-state index in [0.717, 1.165) is 17.7 Å². The highest BCUT2D eigenvalue weighted by molar-refractivity contribution is 5.94. The van der Waals surface area contributed by atoms with Crippen molar-refractivity contribution < 1.29 is 27.4 Å². The van der Waals surface area contributed by atoms with E-state index in [4.69, 9.17) is 9.47 Å². The van der Waals surface area contributed by atoms with Crippen LogP contribution >= 0.6 is 0 Å². The number of halogens is 3. The predicted octanol–water partition coefficient (Wildman–Crippen LogP) is 3.33. The van der Waals surface area contributed by atoms with E-state index in [1.54, 1.807) is 19.2 Å². The van der Waals surface area contributed by atoms with Crippen LogP contribution in [0.3, 0.4) is 0 Å². The molecule has 132 valence electrons. The lowest BCUT2D eigenvalue weighted by Crippen LogP contribution is -2.42. The zero-order valence-electron chi connectivity index (χ0n) is 13.5. The topological polar surface area (TPSA) is 38.8 Å². The molecule has 3 rings (SSSR count). The summed E-state index contributed by atoms with van der Waals surface area (Å²) < 4.78 is 51.0. The number of benzene rings is 2. The molecule has 1 atom stereocenters. The Hall–Kier alpha value is -2.54. The smallest absolute Gasteiger partial charge is 0.257 e. The van der Waals surface area contributed by atoms with Gasteiger partial charge in [0, 0.05) is 6.54 Å². The van der Waals surface area contributed by atoms with E-state index in [1.807, 2.05) is 12.1 Å². The Balaban J connectivity index is 1.78. The molecule has 1 unspecified atom stereocenters. The fourth-order valence-corrected chi connectivity index (χ4v) is 2.72. The van der Waals surface area contributed by atoms with E-state index in [2.05, 4.69) is 0 Å². The number of hydrogen-bond acceptors (Lipinski definition) is 3. The standard InChI is InChI=1S/C18H16F3NO3/c1-24-12-4-2-11(3-5-12)15-10-22(8-9-25-15)18(23)13-6-7-14(19)17(21)16(13)20/h2-7,15H,8-10H2,1H3. The van der Waals surface area contributed by atoms with Crippen LogP contribution in [-0.2, 0) is 4.74 Å². The largest absolute Gasteiger partial charge is 0.497 e. The summed E-state index contributed by atoms with van der Waals surface area (Å²) >= 11 is 0. The van der Waals surface area contributed by atoms with Gasteiger partial charge < -0.3 is 14.4 Å². The second-order valence-corrected chi connectivity index (χ2v) is 5.61. The van der Waals surface area contributed by atoms with E-state index in [1.165, 1.54) is 4.90 Å². The third-order valence-corrected chi connectivity index (χ3v) is 4.11. The quantitative estimate of drug-likeness (QED) is 0.797. The van der Waals surface area contributed by atoms with Crippen molar-refractivity contribution in [3.05, 3.63) is 65.0 Å². The van der Waals surface area contributed by atoms with Gasteiger partial charge in [-0.2, -0.15) is 0 Å². The number of hydrogen-bond donors (Lipinski definition) is 0. The van der Waals surface area contributed by atoms with E-state index < -0.39 is 35.0 Å². The zero-order valence-corrected chi connectivity index (χ0v) is 13.5. The summed E-state index contributed by atoms with van der Waals surface area (Å²) in [6.07, 6.45) is -0.392. The fourth-order valence-electron chi connectivity index (χ4n) is 2.72. The molecule has 0 saturated carbocycles. The second kappa shape index (κ2) is 7.14. The third-order valence-electron chi connectivity index (χ3n) is 4.11. The molecular formula is C18H16F3NO3. The number of ether oxygens (including phenoxy) is 2. The lowest BCUT2D eigenvalue weighted by atomic mass is 10.1. The normalized spacial score (nSPS) is 17.4. The van der Waals surface area contributed by atoms with Gasteiger partial charge in [-0.05, 0) is 29.8 Å². The van der Waals surface area contributed by atoms with Crippen LogP contribution in [0.5, 0.6) is 5.75 Å². The van der Waals surface area contributed by atoms with Crippen LogP contribution in [0.2, 0.25) is 0 Å². The number of rotatable bonds is 3. The maximum Gasteiger partial charge on any atom is 0.257 e. The average Bonchev–Trinajstić information content (AvgIpc) is 2.66. The SMILES string of the molecule is COc1ccc(C2CN(C(=O)c3ccc(F)c(F)c3F)CCO2)cc1. The number of methoxy groups -OCH3 is 1. The molecule has 1 amide bonds. The van der Waals surface area contributed by atoms with Gasteiger partial charge in [0.2, 0.25) is 0 Å². The monoisotopic (exact) mass is 351 g/mol. The van der Waals surface area contributed by atoms with E-state index in [0.29, 0.717) is 5.75 Å². The molecule has 1 heterocycles. The van der Waals surface area contributed by atoms with Gasteiger partial charge in [-0.25, -0.2) is 13.2 Å². The Morgan fingerprint density at radius 3 is 2.52 bits per heavy atom. The summed E-state index contributed by atoms with van der Waals surface area (Å²) in [5.74, 6) is -4.45. The van der Waals surface area contributed by atoms with Crippen molar-refractivity contribution in [1.82, 2.24) is 4.90 Å². The van der Waals surface area contributed by atoms with Gasteiger partial charge in [-0.1, -0.05) is 12.1 Å². The van der Waals surface area contributed by atoms with Crippen molar-refractivity contribution in [1.29, 1.82) is 0 Å². The number of nitrogens with zero attached hydrogens (tertiary/aromatic N) is 1. The first kappa shape index (κ1) is 17.3. The highest BCUT2D eigenvalue weighted by atomic mass is 19.2. The van der Waals surface area contributed by atoms with E-state index in [-0.39, 0.29) is 19.7 Å². The third kappa shape index (κ3) is 3.46. The minimum Gasteiger partial charge on any atom is -0.497 e. The number of carbonyl (C=O) groups is 1. The first-order chi connectivity index (χ1) is 12.0. The van der Waals surface area contributed by atoms with Gasteiger partial charge in [-0.3, -0.25) is 4.79 Å². The van der Waals surface area contributed by atoms with Crippen molar-refractivity contribution in [2.24, 2.45) is 0 Å². The average molecular weight is 351 g/mol. The molecule has 4 nitrogen and oxygen atoms in total. The molecule has 0 aliphatic carbocycles. The second-order valence-electron chi connectivity index (χ2n) is 5.61. The molecule has 1 saturated heterocycles. The van der Waals surface area contributed by atoms with E-state index in [9.17, 15) is 18.0 Å². The van der Waals surface area contributed by atoms with Crippen molar-refractivity contribution in [3.63, 3.8) is 0 Å². The van der Waals surface area contributed by atoms with Gasteiger partial charge in [0.1, 0.15) is 11.9 Å². The highest BCUT2D eigenvalue weighted by Gasteiger charge is 2.29. The summed E-state index contributed by atoms with van der Waals surface area (Å²) in [4.78, 5) is 13.9. The maximum absolute atomic E-state index is 13.9. The van der Waals surface area contributed by atoms with Crippen molar-refractivity contribution >= 4 is 5.91 Å². The van der Waals surface area contributed by atoms with Gasteiger partial charge in [-0.15, -0.1) is 0 Å². The Kier molecular flexibility index (Phi) is 4.94. The first-order valence-corrected chi connectivity index (χ1v) is 7.69. The van der Waals surface area contributed by atoms with Gasteiger partial charge in [0.25, 0.3) is 5.91 Å². The maximum atomic E-state index is 13.9. The summed E-state index contributed by atoms with van der Waals surface area (Å²) in [5.41, 5.74) is 0.346. The predicted molar refractivity (Wildman–Crippen MR) is 83.9 cm³/mol. The van der Waals surface area contributed by atoms with E-state index >= 15 is 0 Å². The minimum atomic E-state index is -1.65. The Bertz CT molecular complexity index is 780. The lowest BCUT2D eigenvalue weighted by molar-refractivity contribution is -0.0230. The Labute approximate surface area is 142 Å². The van der Waals surface area contributed by atoms with Crippen molar-refractivity contribution in [3.8, 4) is 5.75 Å². The summed E-state index contributed by atoms with van der Waals surface area (Å²) in [6, 6.07) is 8.87. The summed E-state index contributed by atoms with van der Waals surface area (Å²) in [5, 5.41) is 0. The van der Waals surface area contributed by atoms with Crippen LogP contribution in [0.15, 0.2) is 36.4 Å². The first-order valence-electron chi connectivity index (χ1n) is 7.69. The molecule has 0 spiro atoms. The molecule has 1 aliphatic rings. The van der Waals surface area contributed by atoms with Crippen molar-refractivity contribution in [2.75, 3.05) is 26.8 Å². The molecule has 7 heteroatoms. The van der Waals surface area contributed by atoms with Crippen LogP contribution in [0.1, 0.15) is 22.0 Å². The molecule has 1 aliphatic heterocycles. The molecule has 25 heavy (non-hydrogen) atoms. The molecule has 0 aromatic heterocycles. The molecule has 0 N–H and O–H groups in total. The lowest BCUT2D eigenvalue weighted by Gasteiger charge is -2.33. The Morgan fingerprint density at radius 1 is 1.12 bits per heavy atom.